The van der Waals surface area contributed by atoms with Crippen molar-refractivity contribution in [3.05, 3.63) is 60.7 Å². The molecule has 1 heterocycles. The molecule has 0 spiro atoms. The standard InChI is InChI=1S/C19H18N4O2S/c20-18(25)21-15(24)11-12-26-19-22-16(13-7-3-1-4-8-13)17(23-19)14-9-5-2-6-10-14/h1-10H,11-12H2,(H,22,23)(H3,20,21,24,25). The average molecular weight is 366 g/mol. The number of benzene rings is 2. The van der Waals surface area contributed by atoms with E-state index >= 15 is 0 Å². The molecule has 0 atom stereocenters. The first-order chi connectivity index (χ1) is 12.6. The fraction of sp³-hybridized carbons (Fsp3) is 0.105. The number of nitrogens with zero attached hydrogens (tertiary/aromatic N) is 1. The molecule has 2 aromatic carbocycles. The lowest BCUT2D eigenvalue weighted by Gasteiger charge is -2.02. The summed E-state index contributed by atoms with van der Waals surface area (Å²) in [5.74, 6) is 0.0813. The summed E-state index contributed by atoms with van der Waals surface area (Å²) in [5, 5.41) is 2.77. The monoisotopic (exact) mass is 366 g/mol. The second-order valence-corrected chi connectivity index (χ2v) is 6.59. The molecule has 26 heavy (non-hydrogen) atoms. The second kappa shape index (κ2) is 8.35. The van der Waals surface area contributed by atoms with Crippen LogP contribution < -0.4 is 11.1 Å². The predicted molar refractivity (Wildman–Crippen MR) is 103 cm³/mol. The number of amides is 3. The van der Waals surface area contributed by atoms with Crippen LogP contribution in [-0.4, -0.2) is 27.7 Å². The van der Waals surface area contributed by atoms with Crippen LogP contribution in [-0.2, 0) is 4.79 Å². The molecular weight excluding hydrogens is 348 g/mol. The van der Waals surface area contributed by atoms with Gasteiger partial charge in [0.2, 0.25) is 5.91 Å². The van der Waals surface area contributed by atoms with Gasteiger partial charge in [0.25, 0.3) is 0 Å². The Kier molecular flexibility index (Phi) is 5.70. The summed E-state index contributed by atoms with van der Waals surface area (Å²) in [6.45, 7) is 0. The molecule has 4 N–H and O–H groups in total. The molecule has 6 nitrogen and oxygen atoms in total. The highest BCUT2D eigenvalue weighted by Crippen LogP contribution is 2.32. The van der Waals surface area contributed by atoms with Gasteiger partial charge in [0.1, 0.15) is 0 Å². The van der Waals surface area contributed by atoms with Gasteiger partial charge in [-0.25, -0.2) is 9.78 Å². The zero-order chi connectivity index (χ0) is 18.4. The van der Waals surface area contributed by atoms with Crippen LogP contribution >= 0.6 is 11.8 Å². The number of carbonyl (C=O) groups is 2. The molecule has 0 bridgehead atoms. The lowest BCUT2D eigenvalue weighted by molar-refractivity contribution is -0.119. The number of aromatic nitrogens is 2. The van der Waals surface area contributed by atoms with Crippen LogP contribution in [0.15, 0.2) is 65.8 Å². The maximum absolute atomic E-state index is 11.5. The minimum atomic E-state index is -0.837. The molecule has 0 saturated carbocycles. The van der Waals surface area contributed by atoms with Crippen LogP contribution in [0.4, 0.5) is 4.79 Å². The normalized spacial score (nSPS) is 10.5. The summed E-state index contributed by atoms with van der Waals surface area (Å²) in [6.07, 6.45) is 0.176. The molecule has 0 aliphatic carbocycles. The highest BCUT2D eigenvalue weighted by molar-refractivity contribution is 7.99. The largest absolute Gasteiger partial charge is 0.351 e. The molecule has 3 amide bonds. The second-order valence-electron chi connectivity index (χ2n) is 5.51. The molecule has 0 aliphatic heterocycles. The van der Waals surface area contributed by atoms with Crippen molar-refractivity contribution >= 4 is 23.7 Å². The first kappa shape index (κ1) is 17.8. The lowest BCUT2D eigenvalue weighted by Crippen LogP contribution is -2.35. The van der Waals surface area contributed by atoms with E-state index in [0.29, 0.717) is 5.75 Å². The number of hydrogen-bond donors (Lipinski definition) is 3. The summed E-state index contributed by atoms with van der Waals surface area (Å²) < 4.78 is 0. The molecule has 7 heteroatoms. The van der Waals surface area contributed by atoms with Gasteiger partial charge in [-0.05, 0) is 0 Å². The van der Waals surface area contributed by atoms with E-state index in [4.69, 9.17) is 10.7 Å². The smallest absolute Gasteiger partial charge is 0.318 e. The van der Waals surface area contributed by atoms with Gasteiger partial charge in [-0.15, -0.1) is 0 Å². The minimum Gasteiger partial charge on any atom is -0.351 e. The van der Waals surface area contributed by atoms with Crippen molar-refractivity contribution in [2.45, 2.75) is 11.6 Å². The number of nitrogens with two attached hydrogens (primary N) is 1. The maximum Gasteiger partial charge on any atom is 0.318 e. The van der Waals surface area contributed by atoms with Crippen molar-refractivity contribution in [3.63, 3.8) is 0 Å². The summed E-state index contributed by atoms with van der Waals surface area (Å²) in [6, 6.07) is 19.1. The van der Waals surface area contributed by atoms with Crippen molar-refractivity contribution in [2.24, 2.45) is 5.73 Å². The zero-order valence-electron chi connectivity index (χ0n) is 13.9. The fourth-order valence-electron chi connectivity index (χ4n) is 2.48. The van der Waals surface area contributed by atoms with Gasteiger partial charge >= 0.3 is 6.03 Å². The van der Waals surface area contributed by atoms with Gasteiger partial charge in [0, 0.05) is 23.3 Å². The van der Waals surface area contributed by atoms with Crippen molar-refractivity contribution in [3.8, 4) is 22.5 Å². The van der Waals surface area contributed by atoms with E-state index in [9.17, 15) is 9.59 Å². The number of imidazole rings is 1. The van der Waals surface area contributed by atoms with E-state index in [0.717, 1.165) is 27.7 Å². The highest BCUT2D eigenvalue weighted by Gasteiger charge is 2.14. The zero-order valence-corrected chi connectivity index (χ0v) is 14.8. The van der Waals surface area contributed by atoms with Crippen LogP contribution in [0.1, 0.15) is 6.42 Å². The number of hydrogen-bond acceptors (Lipinski definition) is 4. The van der Waals surface area contributed by atoms with Crippen molar-refractivity contribution in [1.82, 2.24) is 15.3 Å². The lowest BCUT2D eigenvalue weighted by atomic mass is 10.1. The maximum atomic E-state index is 11.5. The number of rotatable bonds is 6. The third-order valence-corrected chi connectivity index (χ3v) is 4.50. The quantitative estimate of drug-likeness (QED) is 0.582. The Hall–Kier alpha value is -3.06. The predicted octanol–water partition coefficient (Wildman–Crippen LogP) is 3.42. The number of nitrogens with one attached hydrogen (secondary N) is 2. The third-order valence-electron chi connectivity index (χ3n) is 3.62. The molecular formula is C19H18N4O2S. The Bertz CT molecular complexity index is 837. The Morgan fingerprint density at radius 1 is 1.00 bits per heavy atom. The molecule has 0 saturated heterocycles. The minimum absolute atomic E-state index is 0.176. The average Bonchev–Trinajstić information content (AvgIpc) is 3.07. The van der Waals surface area contributed by atoms with E-state index in [1.54, 1.807) is 0 Å². The van der Waals surface area contributed by atoms with E-state index in [-0.39, 0.29) is 6.42 Å². The Labute approximate surface area is 155 Å². The third kappa shape index (κ3) is 4.52. The van der Waals surface area contributed by atoms with E-state index in [1.807, 2.05) is 60.7 Å². The molecule has 1 aromatic heterocycles. The van der Waals surface area contributed by atoms with E-state index in [1.165, 1.54) is 11.8 Å². The molecule has 0 radical (unpaired) electrons. The summed E-state index contributed by atoms with van der Waals surface area (Å²) >= 11 is 1.42. The summed E-state index contributed by atoms with van der Waals surface area (Å²) in [7, 11) is 0. The number of aromatic amines is 1. The Morgan fingerprint density at radius 2 is 1.62 bits per heavy atom. The fourth-order valence-corrected chi connectivity index (χ4v) is 3.29. The SMILES string of the molecule is NC(=O)NC(=O)CCSc1nc(-c2ccccc2)c(-c2ccccc2)[nH]1. The molecule has 0 aliphatic rings. The van der Waals surface area contributed by atoms with Crippen LogP contribution in [0.5, 0.6) is 0 Å². The van der Waals surface area contributed by atoms with Gasteiger partial charge in [-0.1, -0.05) is 72.4 Å². The number of urea groups is 1. The van der Waals surface area contributed by atoms with E-state index < -0.39 is 11.9 Å². The Morgan fingerprint density at radius 3 is 2.23 bits per heavy atom. The van der Waals surface area contributed by atoms with Crippen LogP contribution in [0, 0.1) is 0 Å². The number of thioether (sulfide) groups is 1. The van der Waals surface area contributed by atoms with Crippen molar-refractivity contribution in [2.75, 3.05) is 5.75 Å². The first-order valence-corrected chi connectivity index (χ1v) is 9.05. The number of carbonyl (C=O) groups excluding carboxylic acids is 2. The van der Waals surface area contributed by atoms with Crippen LogP contribution in [0.25, 0.3) is 22.5 Å². The van der Waals surface area contributed by atoms with Gasteiger partial charge in [-0.3, -0.25) is 10.1 Å². The molecule has 0 fully saturated rings. The van der Waals surface area contributed by atoms with Crippen molar-refractivity contribution < 1.29 is 9.59 Å². The Balaban J connectivity index is 1.81. The molecule has 0 unspecified atom stereocenters. The highest BCUT2D eigenvalue weighted by atomic mass is 32.2. The number of imide groups is 1. The number of H-pyrrole nitrogens is 1. The van der Waals surface area contributed by atoms with Gasteiger partial charge in [0.15, 0.2) is 5.16 Å². The van der Waals surface area contributed by atoms with Gasteiger partial charge < -0.3 is 10.7 Å². The molecule has 132 valence electrons. The van der Waals surface area contributed by atoms with Crippen molar-refractivity contribution in [1.29, 1.82) is 0 Å². The number of primary amides is 1. The van der Waals surface area contributed by atoms with Crippen LogP contribution in [0.2, 0.25) is 0 Å². The van der Waals surface area contributed by atoms with Gasteiger partial charge in [-0.2, -0.15) is 0 Å². The molecule has 3 aromatic rings. The van der Waals surface area contributed by atoms with Gasteiger partial charge in [0.05, 0.1) is 11.4 Å². The summed E-state index contributed by atoms with van der Waals surface area (Å²) in [4.78, 5) is 30.2. The van der Waals surface area contributed by atoms with E-state index in [2.05, 4.69) is 10.3 Å². The summed E-state index contributed by atoms with van der Waals surface area (Å²) in [5.41, 5.74) is 8.78. The van der Waals surface area contributed by atoms with Crippen LogP contribution in [0.3, 0.4) is 0 Å². The first-order valence-electron chi connectivity index (χ1n) is 8.06. The molecule has 3 rings (SSSR count). The topological polar surface area (TPSA) is 101 Å².